The minimum Gasteiger partial charge on any atom is -0.393 e. The van der Waals surface area contributed by atoms with E-state index in [9.17, 15) is 8.42 Å². The molecule has 96 valence electrons. The van der Waals surface area contributed by atoms with Gasteiger partial charge in [-0.1, -0.05) is 19.1 Å². The van der Waals surface area contributed by atoms with Crippen LogP contribution >= 0.6 is 12.2 Å². The Morgan fingerprint density at radius 3 is 2.56 bits per heavy atom. The molecule has 0 aromatic rings. The number of hydrogen-bond acceptors (Lipinski definition) is 4. The fourth-order valence-electron chi connectivity index (χ4n) is 1.24. The van der Waals surface area contributed by atoms with Gasteiger partial charge in [-0.3, -0.25) is 0 Å². The third kappa shape index (κ3) is 6.37. The van der Waals surface area contributed by atoms with Crippen molar-refractivity contribution in [3.05, 3.63) is 0 Å². The summed E-state index contributed by atoms with van der Waals surface area (Å²) in [4.78, 5) is 0.338. The summed E-state index contributed by atoms with van der Waals surface area (Å²) in [6.07, 6.45) is 0.926. The summed E-state index contributed by atoms with van der Waals surface area (Å²) in [5.41, 5.74) is 5.35. The molecular weight excluding hydrogens is 248 g/mol. The summed E-state index contributed by atoms with van der Waals surface area (Å²) in [5.74, 6) is 0.103. The highest BCUT2D eigenvalue weighted by atomic mass is 32.2. The summed E-state index contributed by atoms with van der Waals surface area (Å²) in [7, 11) is -1.65. The number of sulfonamides is 1. The molecule has 0 aliphatic heterocycles. The maximum Gasteiger partial charge on any atom is 0.214 e. The molecule has 0 saturated heterocycles. The second-order valence-corrected chi connectivity index (χ2v) is 5.98. The van der Waals surface area contributed by atoms with E-state index in [0.29, 0.717) is 37.5 Å². The van der Waals surface area contributed by atoms with E-state index in [2.05, 4.69) is 0 Å². The number of rotatable bonds is 9. The van der Waals surface area contributed by atoms with Gasteiger partial charge in [-0.25, -0.2) is 12.7 Å². The third-order valence-corrected chi connectivity index (χ3v) is 4.34. The quantitative estimate of drug-likeness (QED) is 0.482. The summed E-state index contributed by atoms with van der Waals surface area (Å²) in [5, 5.41) is 0. The molecule has 2 N–H and O–H groups in total. The molecule has 0 atom stereocenters. The average molecular weight is 268 g/mol. The van der Waals surface area contributed by atoms with Crippen LogP contribution in [0.15, 0.2) is 0 Å². The second kappa shape index (κ2) is 7.94. The second-order valence-electron chi connectivity index (χ2n) is 3.37. The number of hydrogen-bond donors (Lipinski definition) is 1. The van der Waals surface area contributed by atoms with Gasteiger partial charge in [0.05, 0.1) is 10.7 Å². The van der Waals surface area contributed by atoms with Crippen molar-refractivity contribution in [2.24, 2.45) is 5.73 Å². The summed E-state index contributed by atoms with van der Waals surface area (Å²) in [6.45, 7) is 3.05. The number of nitrogens with two attached hydrogens (primary N) is 1. The Hall–Kier alpha value is -0.240. The van der Waals surface area contributed by atoms with E-state index in [1.165, 1.54) is 4.31 Å². The molecule has 0 amide bonds. The summed E-state index contributed by atoms with van der Waals surface area (Å²) >= 11 is 4.73. The smallest absolute Gasteiger partial charge is 0.214 e. The largest absolute Gasteiger partial charge is 0.393 e. The monoisotopic (exact) mass is 268 g/mol. The van der Waals surface area contributed by atoms with Crippen LogP contribution in [0.4, 0.5) is 0 Å². The van der Waals surface area contributed by atoms with Crippen LogP contribution < -0.4 is 5.73 Å². The highest BCUT2D eigenvalue weighted by Gasteiger charge is 2.19. The molecule has 5 nitrogen and oxygen atoms in total. The Kier molecular flexibility index (Phi) is 7.82. The van der Waals surface area contributed by atoms with Crippen LogP contribution in [0.25, 0.3) is 0 Å². The molecule has 0 aromatic carbocycles. The number of thiocarbonyl (C=S) groups is 1. The predicted octanol–water partition coefficient (Wildman–Crippen LogP) is 0.351. The van der Waals surface area contributed by atoms with Crippen molar-refractivity contribution < 1.29 is 13.2 Å². The van der Waals surface area contributed by atoms with Gasteiger partial charge < -0.3 is 10.5 Å². The third-order valence-electron chi connectivity index (χ3n) is 2.10. The molecule has 0 aliphatic rings. The zero-order chi connectivity index (χ0) is 12.6. The van der Waals surface area contributed by atoms with Gasteiger partial charge in [0.2, 0.25) is 10.0 Å². The van der Waals surface area contributed by atoms with E-state index in [0.717, 1.165) is 0 Å². The number of ether oxygens (including phenoxy) is 1. The molecule has 16 heavy (non-hydrogen) atoms. The lowest BCUT2D eigenvalue weighted by Gasteiger charge is -2.19. The Morgan fingerprint density at radius 2 is 2.12 bits per heavy atom. The molecule has 0 fully saturated rings. The molecule has 0 spiro atoms. The van der Waals surface area contributed by atoms with Crippen LogP contribution in [0, 0.1) is 0 Å². The SMILES string of the molecule is CCN(CCC(N)=S)S(=O)(=O)CCCOC. The van der Waals surface area contributed by atoms with Crippen molar-refractivity contribution in [3.8, 4) is 0 Å². The Labute approximate surface area is 103 Å². The van der Waals surface area contributed by atoms with Crippen LogP contribution in [0.2, 0.25) is 0 Å². The maximum absolute atomic E-state index is 11.8. The summed E-state index contributed by atoms with van der Waals surface area (Å²) < 4.78 is 29.9. The van der Waals surface area contributed by atoms with Crippen molar-refractivity contribution >= 4 is 27.2 Å². The molecule has 0 aliphatic carbocycles. The van der Waals surface area contributed by atoms with Crippen molar-refractivity contribution in [2.45, 2.75) is 19.8 Å². The van der Waals surface area contributed by atoms with Gasteiger partial charge in [0.15, 0.2) is 0 Å². The molecule has 0 unspecified atom stereocenters. The van der Waals surface area contributed by atoms with Crippen LogP contribution in [0.3, 0.4) is 0 Å². The van der Waals surface area contributed by atoms with E-state index in [4.69, 9.17) is 22.7 Å². The van der Waals surface area contributed by atoms with Crippen LogP contribution in [0.5, 0.6) is 0 Å². The fourth-order valence-corrected chi connectivity index (χ4v) is 2.84. The van der Waals surface area contributed by atoms with Gasteiger partial charge in [0.1, 0.15) is 0 Å². The van der Waals surface area contributed by atoms with Crippen LogP contribution in [-0.2, 0) is 14.8 Å². The van der Waals surface area contributed by atoms with Gasteiger partial charge in [0, 0.05) is 33.2 Å². The standard InChI is InChI=1S/C9H20N2O3S2/c1-3-11(6-5-9(10)15)16(12,13)8-4-7-14-2/h3-8H2,1-2H3,(H2,10,15). The van der Waals surface area contributed by atoms with Crippen molar-refractivity contribution in [1.29, 1.82) is 0 Å². The van der Waals surface area contributed by atoms with Gasteiger partial charge in [-0.15, -0.1) is 0 Å². The Bertz CT molecular complexity index is 304. The Morgan fingerprint density at radius 1 is 1.50 bits per heavy atom. The minimum atomic E-state index is -3.20. The van der Waals surface area contributed by atoms with Crippen molar-refractivity contribution in [3.63, 3.8) is 0 Å². The molecule has 0 bridgehead atoms. The van der Waals surface area contributed by atoms with E-state index in [-0.39, 0.29) is 5.75 Å². The van der Waals surface area contributed by atoms with Gasteiger partial charge in [-0.2, -0.15) is 0 Å². The zero-order valence-electron chi connectivity index (χ0n) is 9.81. The number of methoxy groups -OCH3 is 1. The lowest BCUT2D eigenvalue weighted by atomic mass is 10.4. The zero-order valence-corrected chi connectivity index (χ0v) is 11.4. The predicted molar refractivity (Wildman–Crippen MR) is 68.9 cm³/mol. The normalized spacial score (nSPS) is 11.9. The molecule has 0 rings (SSSR count). The van der Waals surface area contributed by atoms with Crippen molar-refractivity contribution in [2.75, 3.05) is 32.6 Å². The topological polar surface area (TPSA) is 72.6 Å². The first-order valence-corrected chi connectivity index (χ1v) is 7.20. The lowest BCUT2D eigenvalue weighted by Crippen LogP contribution is -2.35. The molecule has 0 radical (unpaired) electrons. The average Bonchev–Trinajstić information content (AvgIpc) is 2.18. The van der Waals surface area contributed by atoms with Crippen molar-refractivity contribution in [1.82, 2.24) is 4.31 Å². The van der Waals surface area contributed by atoms with Crippen LogP contribution in [0.1, 0.15) is 19.8 Å². The first kappa shape index (κ1) is 15.8. The van der Waals surface area contributed by atoms with E-state index < -0.39 is 10.0 Å². The first-order chi connectivity index (χ1) is 7.44. The molecular formula is C9H20N2O3S2. The van der Waals surface area contributed by atoms with E-state index in [1.807, 2.05) is 0 Å². The Balaban J connectivity index is 4.25. The summed E-state index contributed by atoms with van der Waals surface area (Å²) in [6, 6.07) is 0. The molecule has 0 heterocycles. The van der Waals surface area contributed by atoms with Crippen LogP contribution in [-0.4, -0.2) is 50.3 Å². The highest BCUT2D eigenvalue weighted by Crippen LogP contribution is 2.04. The molecule has 0 saturated carbocycles. The van der Waals surface area contributed by atoms with E-state index in [1.54, 1.807) is 14.0 Å². The van der Waals surface area contributed by atoms with E-state index >= 15 is 0 Å². The van der Waals surface area contributed by atoms with Gasteiger partial charge in [-0.05, 0) is 6.42 Å². The van der Waals surface area contributed by atoms with Gasteiger partial charge in [0.25, 0.3) is 0 Å². The minimum absolute atomic E-state index is 0.103. The van der Waals surface area contributed by atoms with Gasteiger partial charge >= 0.3 is 0 Å². The molecule has 7 heteroatoms. The highest BCUT2D eigenvalue weighted by molar-refractivity contribution is 7.89. The first-order valence-electron chi connectivity index (χ1n) is 5.19. The number of nitrogens with zero attached hydrogens (tertiary/aromatic N) is 1. The molecule has 0 aromatic heterocycles. The lowest BCUT2D eigenvalue weighted by molar-refractivity contribution is 0.199. The maximum atomic E-state index is 11.8. The fraction of sp³-hybridized carbons (Fsp3) is 0.889.